The molecule has 0 saturated heterocycles. The van der Waals surface area contributed by atoms with E-state index in [4.69, 9.17) is 0 Å². The van der Waals surface area contributed by atoms with Crippen LogP contribution in [0.2, 0.25) is 0 Å². The van der Waals surface area contributed by atoms with Crippen LogP contribution in [-0.2, 0) is 6.42 Å². The number of carbonyl (C=O) groups is 1. The van der Waals surface area contributed by atoms with Gasteiger partial charge in [0.15, 0.2) is 4.96 Å². The van der Waals surface area contributed by atoms with Crippen molar-refractivity contribution in [1.82, 2.24) is 9.38 Å². The van der Waals surface area contributed by atoms with Crippen molar-refractivity contribution < 1.29 is 4.79 Å². The second kappa shape index (κ2) is 7.17. The van der Waals surface area contributed by atoms with Crippen LogP contribution in [0.3, 0.4) is 0 Å². The van der Waals surface area contributed by atoms with Crippen molar-refractivity contribution in [3.8, 4) is 11.3 Å². The second-order valence-electron chi connectivity index (χ2n) is 6.05. The van der Waals surface area contributed by atoms with E-state index in [9.17, 15) is 9.59 Å². The molecule has 27 heavy (non-hydrogen) atoms. The van der Waals surface area contributed by atoms with Crippen molar-refractivity contribution in [3.05, 3.63) is 87.7 Å². The standard InChI is InChI=1S/C21H17N3O2S/c1-2-14-8-6-7-11-17(14)23-19(25)16-12-22-21-24(20(16)26)18(13-27-21)15-9-4-3-5-10-15/h3-13H,2H2,1H3,(H,23,25). The van der Waals surface area contributed by atoms with E-state index in [2.05, 4.69) is 10.3 Å². The van der Waals surface area contributed by atoms with Gasteiger partial charge in [-0.15, -0.1) is 11.3 Å². The number of benzene rings is 2. The zero-order valence-electron chi connectivity index (χ0n) is 14.7. The number of aromatic nitrogens is 2. The van der Waals surface area contributed by atoms with Gasteiger partial charge in [0.25, 0.3) is 11.5 Å². The zero-order valence-corrected chi connectivity index (χ0v) is 15.5. The summed E-state index contributed by atoms with van der Waals surface area (Å²) >= 11 is 1.37. The quantitative estimate of drug-likeness (QED) is 0.580. The number of carbonyl (C=O) groups excluding carboxylic acids is 1. The van der Waals surface area contributed by atoms with Crippen molar-refractivity contribution in [3.63, 3.8) is 0 Å². The predicted octanol–water partition coefficient (Wildman–Crippen LogP) is 4.24. The molecule has 4 aromatic rings. The predicted molar refractivity (Wildman–Crippen MR) is 109 cm³/mol. The summed E-state index contributed by atoms with van der Waals surface area (Å²) in [4.78, 5) is 30.7. The van der Waals surface area contributed by atoms with Gasteiger partial charge in [-0.3, -0.25) is 14.0 Å². The minimum atomic E-state index is -0.451. The van der Waals surface area contributed by atoms with E-state index in [1.807, 2.05) is 66.9 Å². The molecular formula is C21H17N3O2S. The van der Waals surface area contributed by atoms with Gasteiger partial charge in [-0.05, 0) is 23.6 Å². The van der Waals surface area contributed by atoms with Gasteiger partial charge in [-0.25, -0.2) is 4.98 Å². The van der Waals surface area contributed by atoms with E-state index >= 15 is 0 Å². The van der Waals surface area contributed by atoms with Crippen LogP contribution in [0.5, 0.6) is 0 Å². The largest absolute Gasteiger partial charge is 0.322 e. The first-order chi connectivity index (χ1) is 13.2. The minimum absolute atomic E-state index is 0.0222. The van der Waals surface area contributed by atoms with Crippen LogP contribution in [0.15, 0.2) is 71.0 Å². The van der Waals surface area contributed by atoms with E-state index in [0.29, 0.717) is 10.6 Å². The number of amides is 1. The number of nitrogens with zero attached hydrogens (tertiary/aromatic N) is 2. The van der Waals surface area contributed by atoms with Crippen LogP contribution < -0.4 is 10.9 Å². The maximum atomic E-state index is 13.0. The molecule has 0 unspecified atom stereocenters. The minimum Gasteiger partial charge on any atom is -0.322 e. The lowest BCUT2D eigenvalue weighted by atomic mass is 10.1. The maximum absolute atomic E-state index is 13.0. The summed E-state index contributed by atoms with van der Waals surface area (Å²) in [5, 5.41) is 4.73. The third-order valence-corrected chi connectivity index (χ3v) is 5.25. The van der Waals surface area contributed by atoms with E-state index in [-0.39, 0.29) is 11.1 Å². The Bertz CT molecular complexity index is 1180. The fourth-order valence-electron chi connectivity index (χ4n) is 3.00. The first-order valence-electron chi connectivity index (χ1n) is 8.63. The molecule has 0 spiro atoms. The van der Waals surface area contributed by atoms with Gasteiger partial charge in [0.1, 0.15) is 5.56 Å². The lowest BCUT2D eigenvalue weighted by molar-refractivity contribution is 0.102. The Kier molecular flexibility index (Phi) is 4.56. The number of thiazole rings is 1. The molecule has 0 bridgehead atoms. The molecular weight excluding hydrogens is 358 g/mol. The second-order valence-corrected chi connectivity index (χ2v) is 6.88. The first kappa shape index (κ1) is 17.2. The number of anilines is 1. The molecule has 134 valence electrons. The van der Waals surface area contributed by atoms with E-state index < -0.39 is 5.91 Å². The summed E-state index contributed by atoms with van der Waals surface area (Å²) in [6, 6.07) is 17.2. The smallest absolute Gasteiger partial charge is 0.271 e. The third kappa shape index (κ3) is 3.15. The number of para-hydroxylation sites is 1. The highest BCUT2D eigenvalue weighted by atomic mass is 32.1. The monoisotopic (exact) mass is 375 g/mol. The Hall–Kier alpha value is -3.25. The first-order valence-corrected chi connectivity index (χ1v) is 9.51. The van der Waals surface area contributed by atoms with Crippen LogP contribution in [0.25, 0.3) is 16.2 Å². The molecule has 2 aromatic heterocycles. The Morgan fingerprint density at radius 1 is 1.11 bits per heavy atom. The summed E-state index contributed by atoms with van der Waals surface area (Å²) in [5.41, 5.74) is 3.02. The topological polar surface area (TPSA) is 63.5 Å². The highest BCUT2D eigenvalue weighted by Gasteiger charge is 2.17. The normalized spacial score (nSPS) is 10.9. The van der Waals surface area contributed by atoms with Crippen molar-refractivity contribution in [2.24, 2.45) is 0 Å². The average Bonchev–Trinajstić information content (AvgIpc) is 3.14. The lowest BCUT2D eigenvalue weighted by Gasteiger charge is -2.09. The molecule has 0 aliphatic carbocycles. The van der Waals surface area contributed by atoms with Crippen LogP contribution in [-0.4, -0.2) is 15.3 Å². The molecule has 5 nitrogen and oxygen atoms in total. The van der Waals surface area contributed by atoms with Gasteiger partial charge < -0.3 is 5.32 Å². The van der Waals surface area contributed by atoms with Crippen molar-refractivity contribution in [2.75, 3.05) is 5.32 Å². The van der Waals surface area contributed by atoms with E-state index in [1.165, 1.54) is 21.9 Å². The molecule has 0 aliphatic rings. The SMILES string of the molecule is CCc1ccccc1NC(=O)c1cnc2scc(-c3ccccc3)n2c1=O. The lowest BCUT2D eigenvalue weighted by Crippen LogP contribution is -2.26. The summed E-state index contributed by atoms with van der Waals surface area (Å²) < 4.78 is 1.50. The van der Waals surface area contributed by atoms with Crippen molar-refractivity contribution in [2.45, 2.75) is 13.3 Å². The Balaban J connectivity index is 1.78. The molecule has 1 N–H and O–H groups in total. The van der Waals surface area contributed by atoms with Crippen LogP contribution >= 0.6 is 11.3 Å². The summed E-state index contributed by atoms with van der Waals surface area (Å²) in [7, 11) is 0. The molecule has 0 aliphatic heterocycles. The molecule has 2 aromatic carbocycles. The number of fused-ring (bicyclic) bond motifs is 1. The van der Waals surface area contributed by atoms with Gasteiger partial charge in [0.2, 0.25) is 0 Å². The van der Waals surface area contributed by atoms with Gasteiger partial charge in [-0.2, -0.15) is 0 Å². The third-order valence-electron chi connectivity index (χ3n) is 4.41. The fourth-order valence-corrected chi connectivity index (χ4v) is 3.86. The van der Waals surface area contributed by atoms with Gasteiger partial charge in [0.05, 0.1) is 5.69 Å². The van der Waals surface area contributed by atoms with Crippen LogP contribution in [0.4, 0.5) is 5.69 Å². The van der Waals surface area contributed by atoms with E-state index in [1.54, 1.807) is 0 Å². The summed E-state index contributed by atoms with van der Waals surface area (Å²) in [6.07, 6.45) is 2.14. The number of hydrogen-bond donors (Lipinski definition) is 1. The van der Waals surface area contributed by atoms with Crippen molar-refractivity contribution in [1.29, 1.82) is 0 Å². The van der Waals surface area contributed by atoms with Gasteiger partial charge in [-0.1, -0.05) is 55.5 Å². The number of rotatable bonds is 4. The van der Waals surface area contributed by atoms with Crippen LogP contribution in [0, 0.1) is 0 Å². The molecule has 0 fully saturated rings. The Morgan fingerprint density at radius 2 is 1.85 bits per heavy atom. The van der Waals surface area contributed by atoms with Crippen molar-refractivity contribution >= 4 is 27.9 Å². The molecule has 2 heterocycles. The molecule has 6 heteroatoms. The maximum Gasteiger partial charge on any atom is 0.271 e. The molecule has 4 rings (SSSR count). The van der Waals surface area contributed by atoms with Crippen LogP contribution in [0.1, 0.15) is 22.8 Å². The molecule has 0 atom stereocenters. The fraction of sp³-hybridized carbons (Fsp3) is 0.0952. The average molecular weight is 375 g/mol. The molecule has 0 radical (unpaired) electrons. The zero-order chi connectivity index (χ0) is 18.8. The highest BCUT2D eigenvalue weighted by molar-refractivity contribution is 7.15. The number of nitrogens with one attached hydrogen (secondary N) is 1. The van der Waals surface area contributed by atoms with E-state index in [0.717, 1.165) is 23.2 Å². The number of hydrogen-bond acceptors (Lipinski definition) is 4. The molecule has 1 amide bonds. The summed E-state index contributed by atoms with van der Waals surface area (Å²) in [5.74, 6) is -0.451. The van der Waals surface area contributed by atoms with Gasteiger partial charge in [0, 0.05) is 17.3 Å². The van der Waals surface area contributed by atoms with Gasteiger partial charge >= 0.3 is 0 Å². The Labute approximate surface area is 160 Å². The Morgan fingerprint density at radius 3 is 2.63 bits per heavy atom. The highest BCUT2D eigenvalue weighted by Crippen LogP contribution is 2.24. The number of aryl methyl sites for hydroxylation is 1. The summed E-state index contributed by atoms with van der Waals surface area (Å²) in [6.45, 7) is 2.02. The molecule has 0 saturated carbocycles.